The maximum atomic E-state index is 12.3. The first-order valence-corrected chi connectivity index (χ1v) is 8.32. The summed E-state index contributed by atoms with van der Waals surface area (Å²) in [6, 6.07) is 9.49. The van der Waals surface area contributed by atoms with E-state index in [4.69, 9.17) is 21.1 Å². The number of nitrogens with zero attached hydrogens (tertiary/aromatic N) is 1. The molecule has 1 heterocycles. The topological polar surface area (TPSA) is 56.4 Å². The molecule has 27 heavy (non-hydrogen) atoms. The number of halogens is 4. The minimum Gasteiger partial charge on any atom is -0.497 e. The summed E-state index contributed by atoms with van der Waals surface area (Å²) in [7, 11) is 1.58. The molecule has 1 unspecified atom stereocenters. The zero-order valence-corrected chi connectivity index (χ0v) is 15.2. The molecule has 0 bridgehead atoms. The molecular weight excluding hydrogens is 385 g/mol. The van der Waals surface area contributed by atoms with Crippen LogP contribution in [0.5, 0.6) is 11.5 Å². The van der Waals surface area contributed by atoms with Gasteiger partial charge < -0.3 is 19.2 Å². The summed E-state index contributed by atoms with van der Waals surface area (Å²) in [4.78, 5) is 7.55. The molecule has 3 rings (SSSR count). The van der Waals surface area contributed by atoms with Gasteiger partial charge in [-0.25, -0.2) is 4.98 Å². The molecular formula is C18H16ClF3N2O3. The Labute approximate surface area is 158 Å². The quantitative estimate of drug-likeness (QED) is 0.601. The molecule has 0 saturated heterocycles. The molecule has 0 amide bonds. The predicted octanol–water partition coefficient (Wildman–Crippen LogP) is 5.40. The Morgan fingerprint density at radius 3 is 2.63 bits per heavy atom. The molecule has 5 nitrogen and oxygen atoms in total. The first-order chi connectivity index (χ1) is 12.7. The number of aromatic nitrogens is 2. The highest BCUT2D eigenvalue weighted by molar-refractivity contribution is 6.32. The number of rotatable bonds is 6. The van der Waals surface area contributed by atoms with Crippen molar-refractivity contribution in [3.8, 4) is 11.5 Å². The van der Waals surface area contributed by atoms with Crippen molar-refractivity contribution in [1.29, 1.82) is 0 Å². The molecule has 0 fully saturated rings. The van der Waals surface area contributed by atoms with Crippen LogP contribution >= 0.6 is 11.6 Å². The number of fused-ring (bicyclic) bond motifs is 1. The largest absolute Gasteiger partial charge is 0.573 e. The Balaban J connectivity index is 1.67. The number of alkyl halides is 3. The van der Waals surface area contributed by atoms with E-state index in [9.17, 15) is 13.2 Å². The smallest absolute Gasteiger partial charge is 0.497 e. The molecule has 9 heteroatoms. The number of imidazole rings is 1. The van der Waals surface area contributed by atoms with Gasteiger partial charge in [0, 0.05) is 6.07 Å². The highest BCUT2D eigenvalue weighted by Gasteiger charge is 2.32. The maximum Gasteiger partial charge on any atom is 0.573 e. The second-order valence-corrected chi connectivity index (χ2v) is 6.16. The molecule has 3 aromatic rings. The van der Waals surface area contributed by atoms with Crippen LogP contribution in [0.4, 0.5) is 13.2 Å². The van der Waals surface area contributed by atoms with Crippen LogP contribution in [0.3, 0.4) is 0 Å². The van der Waals surface area contributed by atoms with Crippen LogP contribution < -0.4 is 9.47 Å². The summed E-state index contributed by atoms with van der Waals surface area (Å²) >= 11 is 5.87. The Bertz CT molecular complexity index is 943. The van der Waals surface area contributed by atoms with E-state index in [0.29, 0.717) is 17.1 Å². The van der Waals surface area contributed by atoms with Crippen LogP contribution in [0.15, 0.2) is 36.4 Å². The van der Waals surface area contributed by atoms with Gasteiger partial charge >= 0.3 is 6.36 Å². The van der Waals surface area contributed by atoms with Gasteiger partial charge in [-0.05, 0) is 36.8 Å². The highest BCUT2D eigenvalue weighted by atomic mass is 35.5. The van der Waals surface area contributed by atoms with Gasteiger partial charge in [-0.1, -0.05) is 17.7 Å². The van der Waals surface area contributed by atoms with Crippen LogP contribution in [-0.2, 0) is 11.3 Å². The minimum absolute atomic E-state index is 0.142. The Kier molecular flexibility index (Phi) is 5.48. The number of aromatic amines is 1. The SMILES string of the molecule is COc1ccc2nc(COC(C)c3ccc(OC(F)(F)F)c(Cl)c3)[nH]c2c1. The summed E-state index contributed by atoms with van der Waals surface area (Å²) < 4.78 is 51.7. The number of H-pyrrole nitrogens is 1. The number of ether oxygens (including phenoxy) is 3. The third-order valence-electron chi connectivity index (χ3n) is 3.86. The van der Waals surface area contributed by atoms with Crippen LogP contribution in [0.25, 0.3) is 11.0 Å². The molecule has 0 saturated carbocycles. The second kappa shape index (κ2) is 7.66. The molecule has 0 aliphatic heterocycles. The van der Waals surface area contributed by atoms with Gasteiger partial charge in [0.05, 0.1) is 29.3 Å². The monoisotopic (exact) mass is 400 g/mol. The van der Waals surface area contributed by atoms with E-state index in [1.165, 1.54) is 18.2 Å². The fourth-order valence-corrected chi connectivity index (χ4v) is 2.74. The molecule has 0 spiro atoms. The van der Waals surface area contributed by atoms with Gasteiger partial charge in [0.25, 0.3) is 0 Å². The van der Waals surface area contributed by atoms with Crippen molar-refractivity contribution in [2.45, 2.75) is 26.0 Å². The van der Waals surface area contributed by atoms with Gasteiger partial charge in [-0.2, -0.15) is 0 Å². The fraction of sp³-hybridized carbons (Fsp3) is 0.278. The van der Waals surface area contributed by atoms with Crippen molar-refractivity contribution in [3.05, 3.63) is 52.8 Å². The van der Waals surface area contributed by atoms with Crippen LogP contribution in [0.1, 0.15) is 24.4 Å². The van der Waals surface area contributed by atoms with E-state index in [1.54, 1.807) is 14.0 Å². The number of benzene rings is 2. The van der Waals surface area contributed by atoms with Crippen molar-refractivity contribution >= 4 is 22.6 Å². The highest BCUT2D eigenvalue weighted by Crippen LogP contribution is 2.33. The van der Waals surface area contributed by atoms with E-state index in [1.807, 2.05) is 18.2 Å². The Morgan fingerprint density at radius 1 is 1.19 bits per heavy atom. The maximum absolute atomic E-state index is 12.3. The van der Waals surface area contributed by atoms with Gasteiger partial charge in [0.2, 0.25) is 0 Å². The normalized spacial score (nSPS) is 13.0. The Morgan fingerprint density at radius 2 is 1.96 bits per heavy atom. The van der Waals surface area contributed by atoms with Crippen molar-refractivity contribution in [2.24, 2.45) is 0 Å². The zero-order chi connectivity index (χ0) is 19.6. The van der Waals surface area contributed by atoms with Crippen molar-refractivity contribution in [3.63, 3.8) is 0 Å². The van der Waals surface area contributed by atoms with E-state index in [2.05, 4.69) is 14.7 Å². The van der Waals surface area contributed by atoms with E-state index in [0.717, 1.165) is 11.0 Å². The molecule has 1 atom stereocenters. The van der Waals surface area contributed by atoms with Crippen LogP contribution in [0, 0.1) is 0 Å². The summed E-state index contributed by atoms with van der Waals surface area (Å²) in [5, 5.41) is -0.142. The summed E-state index contributed by atoms with van der Waals surface area (Å²) in [6.45, 7) is 1.96. The van der Waals surface area contributed by atoms with Gasteiger partial charge in [-0.15, -0.1) is 13.2 Å². The van der Waals surface area contributed by atoms with E-state index in [-0.39, 0.29) is 11.6 Å². The van der Waals surface area contributed by atoms with Gasteiger partial charge in [-0.3, -0.25) is 0 Å². The standard InChI is InChI=1S/C18H16ClF3N2O3/c1-10(11-3-6-16(13(19)7-11)27-18(20,21)22)26-9-17-23-14-5-4-12(25-2)8-15(14)24-17/h3-8,10H,9H2,1-2H3,(H,23,24). The fourth-order valence-electron chi connectivity index (χ4n) is 2.51. The molecule has 2 aromatic carbocycles. The molecule has 0 radical (unpaired) electrons. The average molecular weight is 401 g/mol. The molecule has 144 valence electrons. The summed E-state index contributed by atoms with van der Waals surface area (Å²) in [5.41, 5.74) is 2.21. The summed E-state index contributed by atoms with van der Waals surface area (Å²) in [5.74, 6) is 0.877. The number of methoxy groups -OCH3 is 1. The lowest BCUT2D eigenvalue weighted by Gasteiger charge is -2.15. The molecule has 1 aromatic heterocycles. The first kappa shape index (κ1) is 19.3. The lowest BCUT2D eigenvalue weighted by molar-refractivity contribution is -0.274. The number of hydrogen-bond donors (Lipinski definition) is 1. The number of hydrogen-bond acceptors (Lipinski definition) is 4. The van der Waals surface area contributed by atoms with Crippen LogP contribution in [-0.4, -0.2) is 23.4 Å². The third kappa shape index (κ3) is 4.84. The van der Waals surface area contributed by atoms with Crippen molar-refractivity contribution in [2.75, 3.05) is 7.11 Å². The lowest BCUT2D eigenvalue weighted by atomic mass is 10.1. The van der Waals surface area contributed by atoms with Gasteiger partial charge in [0.15, 0.2) is 0 Å². The number of nitrogens with one attached hydrogen (secondary N) is 1. The van der Waals surface area contributed by atoms with E-state index >= 15 is 0 Å². The van der Waals surface area contributed by atoms with Gasteiger partial charge in [0.1, 0.15) is 23.9 Å². The minimum atomic E-state index is -4.79. The first-order valence-electron chi connectivity index (χ1n) is 7.94. The van der Waals surface area contributed by atoms with E-state index < -0.39 is 18.2 Å². The summed E-state index contributed by atoms with van der Waals surface area (Å²) in [6.07, 6.45) is -5.21. The average Bonchev–Trinajstić information content (AvgIpc) is 3.02. The molecule has 1 N–H and O–H groups in total. The lowest BCUT2D eigenvalue weighted by Crippen LogP contribution is -2.17. The van der Waals surface area contributed by atoms with Crippen LogP contribution in [0.2, 0.25) is 5.02 Å². The van der Waals surface area contributed by atoms with Crippen molar-refractivity contribution < 1.29 is 27.4 Å². The third-order valence-corrected chi connectivity index (χ3v) is 4.15. The molecule has 0 aliphatic carbocycles. The Hall–Kier alpha value is -2.45. The predicted molar refractivity (Wildman–Crippen MR) is 94.0 cm³/mol. The van der Waals surface area contributed by atoms with Crippen molar-refractivity contribution in [1.82, 2.24) is 9.97 Å². The zero-order valence-electron chi connectivity index (χ0n) is 14.4. The molecule has 0 aliphatic rings. The second-order valence-electron chi connectivity index (χ2n) is 5.76.